The summed E-state index contributed by atoms with van der Waals surface area (Å²) in [5, 5.41) is 19.5. The molecule has 0 aromatic heterocycles. The van der Waals surface area contributed by atoms with Crippen molar-refractivity contribution in [2.24, 2.45) is 0 Å². The van der Waals surface area contributed by atoms with E-state index in [4.69, 9.17) is 0 Å². The number of aromatic carboxylic acids is 1. The van der Waals surface area contributed by atoms with Gasteiger partial charge in [0.25, 0.3) is 0 Å². The molecule has 0 amide bonds. The molecule has 1 unspecified atom stereocenters. The fourth-order valence-corrected chi connectivity index (χ4v) is 3.16. The largest absolute Gasteiger partial charge is 0.478 e. The highest BCUT2D eigenvalue weighted by Crippen LogP contribution is 2.25. The van der Waals surface area contributed by atoms with Crippen LogP contribution >= 0.6 is 11.8 Å². The van der Waals surface area contributed by atoms with Crippen LogP contribution in [-0.4, -0.2) is 47.0 Å². The molecule has 1 aromatic rings. The standard InChI is InChI=1S/C15H21NO3S/c1-20-14-6-5-11(9-12(14)15(18)19)13(17)10-16-7-3-2-4-8-16/h5-6,9,13,17H,2-4,7-8,10H2,1H3,(H,18,19). The molecule has 1 heterocycles. The number of β-amino-alcohol motifs (C(OH)–C–C–N with tert-alkyl or cyclic N) is 1. The molecule has 5 heteroatoms. The summed E-state index contributed by atoms with van der Waals surface area (Å²) in [4.78, 5) is 14.2. The molecule has 4 nitrogen and oxygen atoms in total. The topological polar surface area (TPSA) is 60.8 Å². The Bertz CT molecular complexity index is 472. The molecule has 0 aliphatic carbocycles. The average molecular weight is 295 g/mol. The molecule has 0 radical (unpaired) electrons. The number of piperidine rings is 1. The smallest absolute Gasteiger partial charge is 0.336 e. The van der Waals surface area contributed by atoms with E-state index in [0.717, 1.165) is 18.0 Å². The van der Waals surface area contributed by atoms with E-state index < -0.39 is 12.1 Å². The third-order valence-corrected chi connectivity index (χ3v) is 4.51. The van der Waals surface area contributed by atoms with Crippen molar-refractivity contribution in [3.05, 3.63) is 29.3 Å². The number of likely N-dealkylation sites (tertiary alicyclic amines) is 1. The number of nitrogens with zero attached hydrogens (tertiary/aromatic N) is 1. The minimum absolute atomic E-state index is 0.271. The Morgan fingerprint density at radius 3 is 2.65 bits per heavy atom. The van der Waals surface area contributed by atoms with E-state index in [1.807, 2.05) is 12.3 Å². The summed E-state index contributed by atoms with van der Waals surface area (Å²) in [5.41, 5.74) is 0.957. The lowest BCUT2D eigenvalue weighted by Crippen LogP contribution is -2.33. The molecule has 1 atom stereocenters. The van der Waals surface area contributed by atoms with Crippen LogP contribution in [0.2, 0.25) is 0 Å². The SMILES string of the molecule is CSc1ccc(C(O)CN2CCCCC2)cc1C(=O)O. The molecule has 1 aliphatic rings. The Morgan fingerprint density at radius 1 is 1.35 bits per heavy atom. The maximum absolute atomic E-state index is 11.2. The third kappa shape index (κ3) is 3.75. The Labute approximate surface area is 123 Å². The van der Waals surface area contributed by atoms with Gasteiger partial charge in [-0.15, -0.1) is 11.8 Å². The Morgan fingerprint density at radius 2 is 2.05 bits per heavy atom. The van der Waals surface area contributed by atoms with Gasteiger partial charge in [-0.05, 0) is 49.9 Å². The van der Waals surface area contributed by atoms with E-state index in [9.17, 15) is 15.0 Å². The Balaban J connectivity index is 2.10. The van der Waals surface area contributed by atoms with Crippen LogP contribution in [-0.2, 0) is 0 Å². The lowest BCUT2D eigenvalue weighted by molar-refractivity contribution is 0.0692. The zero-order valence-corrected chi connectivity index (χ0v) is 12.5. The molecule has 0 spiro atoms. The van der Waals surface area contributed by atoms with Gasteiger partial charge in [0.15, 0.2) is 0 Å². The first-order valence-electron chi connectivity index (χ1n) is 6.93. The maximum Gasteiger partial charge on any atom is 0.336 e. The maximum atomic E-state index is 11.2. The highest BCUT2D eigenvalue weighted by molar-refractivity contribution is 7.98. The number of rotatable bonds is 5. The summed E-state index contributed by atoms with van der Waals surface area (Å²) in [6.45, 7) is 2.62. The zero-order chi connectivity index (χ0) is 14.5. The normalized spacial score (nSPS) is 17.9. The number of benzene rings is 1. The van der Waals surface area contributed by atoms with Gasteiger partial charge in [-0.2, -0.15) is 0 Å². The average Bonchev–Trinajstić information content (AvgIpc) is 2.47. The van der Waals surface area contributed by atoms with E-state index in [2.05, 4.69) is 4.90 Å². The molecule has 2 rings (SSSR count). The van der Waals surface area contributed by atoms with Crippen LogP contribution in [0.25, 0.3) is 0 Å². The summed E-state index contributed by atoms with van der Waals surface area (Å²) in [7, 11) is 0. The Kier molecular flexibility index (Phi) is 5.46. The van der Waals surface area contributed by atoms with Crippen molar-refractivity contribution in [2.75, 3.05) is 25.9 Å². The zero-order valence-electron chi connectivity index (χ0n) is 11.7. The van der Waals surface area contributed by atoms with Crippen LogP contribution < -0.4 is 0 Å². The summed E-state index contributed by atoms with van der Waals surface area (Å²) < 4.78 is 0. The van der Waals surface area contributed by atoms with E-state index in [-0.39, 0.29) is 5.56 Å². The molecule has 1 fully saturated rings. The van der Waals surface area contributed by atoms with Crippen LogP contribution in [0.15, 0.2) is 23.1 Å². The molecule has 110 valence electrons. The van der Waals surface area contributed by atoms with Gasteiger partial charge in [0, 0.05) is 11.4 Å². The first kappa shape index (κ1) is 15.4. The van der Waals surface area contributed by atoms with Crippen LogP contribution in [0, 0.1) is 0 Å². The number of hydrogen-bond acceptors (Lipinski definition) is 4. The summed E-state index contributed by atoms with van der Waals surface area (Å²) in [6.07, 6.45) is 4.85. The molecule has 20 heavy (non-hydrogen) atoms. The van der Waals surface area contributed by atoms with E-state index >= 15 is 0 Å². The summed E-state index contributed by atoms with van der Waals surface area (Å²) in [5.74, 6) is -0.943. The number of aliphatic hydroxyl groups excluding tert-OH is 1. The van der Waals surface area contributed by atoms with Gasteiger partial charge in [0.2, 0.25) is 0 Å². The monoisotopic (exact) mass is 295 g/mol. The fourth-order valence-electron chi connectivity index (χ4n) is 2.59. The molecule has 1 saturated heterocycles. The third-order valence-electron chi connectivity index (χ3n) is 3.72. The molecular weight excluding hydrogens is 274 g/mol. The van der Waals surface area contributed by atoms with Crippen molar-refractivity contribution in [2.45, 2.75) is 30.3 Å². The first-order chi connectivity index (χ1) is 9.61. The van der Waals surface area contributed by atoms with Gasteiger partial charge in [0.1, 0.15) is 0 Å². The minimum Gasteiger partial charge on any atom is -0.478 e. The second-order valence-corrected chi connectivity index (χ2v) is 5.99. The van der Waals surface area contributed by atoms with Crippen LogP contribution in [0.4, 0.5) is 0 Å². The van der Waals surface area contributed by atoms with E-state index in [0.29, 0.717) is 12.1 Å². The van der Waals surface area contributed by atoms with Gasteiger partial charge in [-0.1, -0.05) is 12.5 Å². The second kappa shape index (κ2) is 7.11. The van der Waals surface area contributed by atoms with Gasteiger partial charge in [-0.25, -0.2) is 4.79 Å². The summed E-state index contributed by atoms with van der Waals surface area (Å²) in [6, 6.07) is 5.21. The highest BCUT2D eigenvalue weighted by Gasteiger charge is 2.18. The van der Waals surface area contributed by atoms with Crippen molar-refractivity contribution in [3.8, 4) is 0 Å². The van der Waals surface area contributed by atoms with Crippen molar-refractivity contribution in [3.63, 3.8) is 0 Å². The van der Waals surface area contributed by atoms with E-state index in [1.54, 1.807) is 12.1 Å². The van der Waals surface area contributed by atoms with Crippen LogP contribution in [0.1, 0.15) is 41.3 Å². The van der Waals surface area contributed by atoms with Crippen molar-refractivity contribution < 1.29 is 15.0 Å². The number of carbonyl (C=O) groups is 1. The Hall–Kier alpha value is -1.04. The van der Waals surface area contributed by atoms with Gasteiger partial charge < -0.3 is 15.1 Å². The minimum atomic E-state index is -0.943. The number of aliphatic hydroxyl groups is 1. The second-order valence-electron chi connectivity index (χ2n) is 5.14. The number of thioether (sulfide) groups is 1. The molecule has 0 saturated carbocycles. The lowest BCUT2D eigenvalue weighted by atomic mass is 10.0. The molecular formula is C15H21NO3S. The highest BCUT2D eigenvalue weighted by atomic mass is 32.2. The first-order valence-corrected chi connectivity index (χ1v) is 8.16. The predicted molar refractivity (Wildman–Crippen MR) is 80.4 cm³/mol. The number of carboxylic acids is 1. The van der Waals surface area contributed by atoms with Crippen molar-refractivity contribution >= 4 is 17.7 Å². The van der Waals surface area contributed by atoms with Gasteiger partial charge in [-0.3, -0.25) is 0 Å². The molecule has 1 aromatic carbocycles. The predicted octanol–water partition coefficient (Wildman–Crippen LogP) is 2.63. The number of hydrogen-bond donors (Lipinski definition) is 2. The fraction of sp³-hybridized carbons (Fsp3) is 0.533. The number of carboxylic acid groups (broad SMARTS) is 1. The molecule has 1 aliphatic heterocycles. The molecule has 2 N–H and O–H groups in total. The van der Waals surface area contributed by atoms with Crippen molar-refractivity contribution in [1.29, 1.82) is 0 Å². The lowest BCUT2D eigenvalue weighted by Gasteiger charge is -2.28. The van der Waals surface area contributed by atoms with Crippen molar-refractivity contribution in [1.82, 2.24) is 4.90 Å². The van der Waals surface area contributed by atoms with E-state index in [1.165, 1.54) is 31.0 Å². The summed E-state index contributed by atoms with van der Waals surface area (Å²) >= 11 is 1.41. The van der Waals surface area contributed by atoms with Gasteiger partial charge >= 0.3 is 5.97 Å². The quantitative estimate of drug-likeness (QED) is 0.818. The van der Waals surface area contributed by atoms with Crippen LogP contribution in [0.3, 0.4) is 0 Å². The molecule has 0 bridgehead atoms. The van der Waals surface area contributed by atoms with Crippen LogP contribution in [0.5, 0.6) is 0 Å². The van der Waals surface area contributed by atoms with Gasteiger partial charge in [0.05, 0.1) is 11.7 Å².